The summed E-state index contributed by atoms with van der Waals surface area (Å²) in [5.41, 5.74) is 0. The number of nitrogens with one attached hydrogen (secondary N) is 1. The Morgan fingerprint density at radius 3 is 2.79 bits per heavy atom. The maximum Gasteiger partial charge on any atom is 0.123 e. The van der Waals surface area contributed by atoms with E-state index < -0.39 is 0 Å². The van der Waals surface area contributed by atoms with Gasteiger partial charge in [-0.3, -0.25) is 0 Å². The Morgan fingerprint density at radius 2 is 2.05 bits per heavy atom. The summed E-state index contributed by atoms with van der Waals surface area (Å²) in [6.07, 6.45) is 0. The van der Waals surface area contributed by atoms with Crippen molar-refractivity contribution in [2.24, 2.45) is 0 Å². The molecule has 3 nitrogen and oxygen atoms in total. The van der Waals surface area contributed by atoms with Crippen LogP contribution in [0.5, 0.6) is 11.5 Å². The molecule has 0 amide bonds. The first kappa shape index (κ1) is 13.9. The fourth-order valence-corrected chi connectivity index (χ4v) is 2.53. The average Bonchev–Trinajstić information content (AvgIpc) is 2.98. The molecule has 0 aliphatic heterocycles. The monoisotopic (exact) mass is 277 g/mol. The SMILES string of the molecule is COc1cccc(OCCNC(C)c2cccs2)c1. The van der Waals surface area contributed by atoms with E-state index in [-0.39, 0.29) is 0 Å². The molecule has 0 aliphatic carbocycles. The zero-order chi connectivity index (χ0) is 13.5. The zero-order valence-corrected chi connectivity index (χ0v) is 12.1. The van der Waals surface area contributed by atoms with Gasteiger partial charge >= 0.3 is 0 Å². The highest BCUT2D eigenvalue weighted by molar-refractivity contribution is 7.10. The van der Waals surface area contributed by atoms with Crippen LogP contribution in [0.1, 0.15) is 17.8 Å². The summed E-state index contributed by atoms with van der Waals surface area (Å²) < 4.78 is 10.8. The molecule has 2 aromatic rings. The first-order chi connectivity index (χ1) is 9.29. The molecule has 19 heavy (non-hydrogen) atoms. The van der Waals surface area contributed by atoms with Gasteiger partial charge in [-0.15, -0.1) is 11.3 Å². The van der Waals surface area contributed by atoms with Crippen molar-refractivity contribution in [2.45, 2.75) is 13.0 Å². The highest BCUT2D eigenvalue weighted by Crippen LogP contribution is 2.19. The number of rotatable bonds is 7. The van der Waals surface area contributed by atoms with E-state index in [1.807, 2.05) is 24.3 Å². The number of benzene rings is 1. The quantitative estimate of drug-likeness (QED) is 0.786. The Morgan fingerprint density at radius 1 is 1.21 bits per heavy atom. The van der Waals surface area contributed by atoms with Crippen LogP contribution in [0.25, 0.3) is 0 Å². The Balaban J connectivity index is 1.71. The molecular formula is C15H19NO2S. The Hall–Kier alpha value is -1.52. The van der Waals surface area contributed by atoms with Gasteiger partial charge in [-0.2, -0.15) is 0 Å². The van der Waals surface area contributed by atoms with E-state index in [1.165, 1.54) is 4.88 Å². The lowest BCUT2D eigenvalue weighted by molar-refractivity contribution is 0.305. The van der Waals surface area contributed by atoms with Crippen molar-refractivity contribution in [2.75, 3.05) is 20.3 Å². The largest absolute Gasteiger partial charge is 0.497 e. The molecule has 0 radical (unpaired) electrons. The van der Waals surface area contributed by atoms with Crippen molar-refractivity contribution in [1.29, 1.82) is 0 Å². The maximum atomic E-state index is 5.68. The molecule has 1 unspecified atom stereocenters. The lowest BCUT2D eigenvalue weighted by Gasteiger charge is -2.13. The van der Waals surface area contributed by atoms with Crippen molar-refractivity contribution < 1.29 is 9.47 Å². The topological polar surface area (TPSA) is 30.5 Å². The van der Waals surface area contributed by atoms with Gasteiger partial charge in [0.15, 0.2) is 0 Å². The van der Waals surface area contributed by atoms with Crippen LogP contribution in [0.4, 0.5) is 0 Å². The molecule has 0 bridgehead atoms. The smallest absolute Gasteiger partial charge is 0.123 e. The van der Waals surface area contributed by atoms with Gasteiger partial charge in [-0.1, -0.05) is 12.1 Å². The number of hydrogen-bond acceptors (Lipinski definition) is 4. The molecule has 0 fully saturated rings. The Kier molecular flexibility index (Phi) is 5.24. The Labute approximate surface area is 118 Å². The van der Waals surface area contributed by atoms with Crippen LogP contribution >= 0.6 is 11.3 Å². The maximum absolute atomic E-state index is 5.68. The van der Waals surface area contributed by atoms with Crippen LogP contribution in [-0.4, -0.2) is 20.3 Å². The van der Waals surface area contributed by atoms with Gasteiger partial charge in [-0.05, 0) is 30.5 Å². The van der Waals surface area contributed by atoms with Crippen molar-refractivity contribution in [3.05, 3.63) is 46.7 Å². The summed E-state index contributed by atoms with van der Waals surface area (Å²) in [7, 11) is 1.66. The highest BCUT2D eigenvalue weighted by Gasteiger charge is 2.04. The van der Waals surface area contributed by atoms with Crippen LogP contribution in [0, 0.1) is 0 Å². The molecule has 0 spiro atoms. The second-order valence-electron chi connectivity index (χ2n) is 4.22. The molecule has 2 rings (SSSR count). The Bertz CT molecular complexity index is 485. The van der Waals surface area contributed by atoms with E-state index >= 15 is 0 Å². The zero-order valence-electron chi connectivity index (χ0n) is 11.3. The van der Waals surface area contributed by atoms with Crippen molar-refractivity contribution in [3.63, 3.8) is 0 Å². The van der Waals surface area contributed by atoms with Crippen molar-refractivity contribution in [1.82, 2.24) is 5.32 Å². The lowest BCUT2D eigenvalue weighted by Crippen LogP contribution is -2.23. The molecule has 0 saturated heterocycles. The number of methoxy groups -OCH3 is 1. The van der Waals surface area contributed by atoms with E-state index in [9.17, 15) is 0 Å². The standard InChI is InChI=1S/C15H19NO2S/c1-12(15-7-4-10-19-15)16-8-9-18-14-6-3-5-13(11-14)17-2/h3-7,10-12,16H,8-9H2,1-2H3. The van der Waals surface area contributed by atoms with Gasteiger partial charge < -0.3 is 14.8 Å². The second-order valence-corrected chi connectivity index (χ2v) is 5.20. The van der Waals surface area contributed by atoms with Gasteiger partial charge in [0.2, 0.25) is 0 Å². The van der Waals surface area contributed by atoms with E-state index in [2.05, 4.69) is 29.8 Å². The first-order valence-electron chi connectivity index (χ1n) is 6.33. The molecule has 1 heterocycles. The summed E-state index contributed by atoms with van der Waals surface area (Å²) in [5.74, 6) is 1.65. The molecular weight excluding hydrogens is 258 g/mol. The predicted octanol–water partition coefficient (Wildman–Crippen LogP) is 3.49. The van der Waals surface area contributed by atoms with Crippen LogP contribution in [0.2, 0.25) is 0 Å². The van der Waals surface area contributed by atoms with Crippen LogP contribution in [-0.2, 0) is 0 Å². The number of ether oxygens (including phenoxy) is 2. The lowest BCUT2D eigenvalue weighted by atomic mass is 10.3. The van der Waals surface area contributed by atoms with E-state index in [1.54, 1.807) is 18.4 Å². The fraction of sp³-hybridized carbons (Fsp3) is 0.333. The number of hydrogen-bond donors (Lipinski definition) is 1. The van der Waals surface area contributed by atoms with Gasteiger partial charge in [0.25, 0.3) is 0 Å². The summed E-state index contributed by atoms with van der Waals surface area (Å²) in [4.78, 5) is 1.35. The van der Waals surface area contributed by atoms with E-state index in [0.717, 1.165) is 18.0 Å². The van der Waals surface area contributed by atoms with E-state index in [4.69, 9.17) is 9.47 Å². The molecule has 102 valence electrons. The normalized spacial score (nSPS) is 12.1. The number of thiophene rings is 1. The van der Waals surface area contributed by atoms with Crippen LogP contribution in [0.3, 0.4) is 0 Å². The fourth-order valence-electron chi connectivity index (χ4n) is 1.77. The average molecular weight is 277 g/mol. The molecule has 1 aromatic carbocycles. The minimum Gasteiger partial charge on any atom is -0.497 e. The first-order valence-corrected chi connectivity index (χ1v) is 7.21. The third kappa shape index (κ3) is 4.26. The van der Waals surface area contributed by atoms with Crippen LogP contribution < -0.4 is 14.8 Å². The second kappa shape index (κ2) is 7.16. The van der Waals surface area contributed by atoms with Gasteiger partial charge in [0.1, 0.15) is 18.1 Å². The molecule has 4 heteroatoms. The minimum absolute atomic E-state index is 0.369. The summed E-state index contributed by atoms with van der Waals surface area (Å²) in [6, 6.07) is 12.2. The highest BCUT2D eigenvalue weighted by atomic mass is 32.1. The summed E-state index contributed by atoms with van der Waals surface area (Å²) in [6.45, 7) is 3.62. The van der Waals surface area contributed by atoms with E-state index in [0.29, 0.717) is 12.6 Å². The molecule has 1 aromatic heterocycles. The van der Waals surface area contributed by atoms with Gasteiger partial charge in [-0.25, -0.2) is 0 Å². The third-order valence-electron chi connectivity index (χ3n) is 2.83. The molecule has 1 atom stereocenters. The van der Waals surface area contributed by atoms with Crippen molar-refractivity contribution >= 4 is 11.3 Å². The van der Waals surface area contributed by atoms with Gasteiger partial charge in [0.05, 0.1) is 7.11 Å². The summed E-state index contributed by atoms with van der Waals surface area (Å²) >= 11 is 1.77. The van der Waals surface area contributed by atoms with Gasteiger partial charge in [0, 0.05) is 23.5 Å². The van der Waals surface area contributed by atoms with Crippen LogP contribution in [0.15, 0.2) is 41.8 Å². The van der Waals surface area contributed by atoms with Crippen molar-refractivity contribution in [3.8, 4) is 11.5 Å². The third-order valence-corrected chi connectivity index (χ3v) is 3.89. The minimum atomic E-state index is 0.369. The summed E-state index contributed by atoms with van der Waals surface area (Å²) in [5, 5.41) is 5.54. The predicted molar refractivity (Wildman–Crippen MR) is 79.2 cm³/mol. The molecule has 0 saturated carbocycles. The molecule has 1 N–H and O–H groups in total. The molecule has 0 aliphatic rings.